The van der Waals surface area contributed by atoms with Gasteiger partial charge in [-0.1, -0.05) is 0 Å². The van der Waals surface area contributed by atoms with Crippen LogP contribution in [0.4, 0.5) is 26.3 Å². The Kier molecular flexibility index (Phi) is 3.08. The van der Waals surface area contributed by atoms with E-state index in [2.05, 4.69) is 0 Å². The fourth-order valence-electron chi connectivity index (χ4n) is 1.01. The zero-order valence-electron chi connectivity index (χ0n) is 7.84. The monoisotopic (exact) mass is 262 g/mol. The summed E-state index contributed by atoms with van der Waals surface area (Å²) in [6, 6.07) is 0. The van der Waals surface area contributed by atoms with Gasteiger partial charge < -0.3 is 0 Å². The van der Waals surface area contributed by atoms with Gasteiger partial charge in [-0.05, 0) is 0 Å². The molecule has 1 rings (SSSR count). The Labute approximate surface area is 90.1 Å². The molecule has 1 heterocycles. The quantitative estimate of drug-likeness (QED) is 0.616. The molecule has 1 aliphatic rings. The first-order valence-electron chi connectivity index (χ1n) is 3.97. The fourth-order valence-corrected chi connectivity index (χ4v) is 1.01. The van der Waals surface area contributed by atoms with Crippen molar-refractivity contribution in [2.75, 3.05) is 6.67 Å². The molecule has 0 saturated carbocycles. The van der Waals surface area contributed by atoms with Crippen molar-refractivity contribution in [3.8, 4) is 0 Å². The van der Waals surface area contributed by atoms with Crippen LogP contribution in [0.2, 0.25) is 0 Å². The summed E-state index contributed by atoms with van der Waals surface area (Å²) in [5, 5.41) is 0. The van der Waals surface area contributed by atoms with Crippen LogP contribution in [0.5, 0.6) is 0 Å². The average molecular weight is 262 g/mol. The zero-order chi connectivity index (χ0) is 13.4. The van der Waals surface area contributed by atoms with E-state index in [1.165, 1.54) is 0 Å². The molecule has 0 aromatic carbocycles. The highest BCUT2D eigenvalue weighted by Crippen LogP contribution is 2.24. The Morgan fingerprint density at radius 3 is 1.35 bits per heavy atom. The minimum atomic E-state index is -5.21. The SMILES string of the molecule is O=C(N1C=CN(C(=O)C(F)(F)F)C1)C(F)(F)F. The summed E-state index contributed by atoms with van der Waals surface area (Å²) < 4.78 is 71.5. The molecule has 17 heavy (non-hydrogen) atoms. The number of rotatable bonds is 0. The van der Waals surface area contributed by atoms with E-state index in [4.69, 9.17) is 0 Å². The number of carbonyl (C=O) groups is 2. The molecule has 0 aromatic rings. The highest BCUT2D eigenvalue weighted by Gasteiger charge is 2.47. The summed E-state index contributed by atoms with van der Waals surface area (Å²) in [5.74, 6) is -4.68. The second-order valence-corrected chi connectivity index (χ2v) is 2.98. The molecule has 10 heteroatoms. The summed E-state index contributed by atoms with van der Waals surface area (Å²) >= 11 is 0. The van der Waals surface area contributed by atoms with E-state index in [-0.39, 0.29) is 9.80 Å². The van der Waals surface area contributed by atoms with Gasteiger partial charge >= 0.3 is 24.2 Å². The van der Waals surface area contributed by atoms with Crippen molar-refractivity contribution in [2.24, 2.45) is 0 Å². The van der Waals surface area contributed by atoms with Crippen LogP contribution < -0.4 is 0 Å². The normalized spacial score (nSPS) is 16.6. The summed E-state index contributed by atoms with van der Waals surface area (Å²) in [4.78, 5) is 21.2. The van der Waals surface area contributed by atoms with Crippen LogP contribution in [-0.2, 0) is 9.59 Å². The molecule has 4 nitrogen and oxygen atoms in total. The van der Waals surface area contributed by atoms with Crippen molar-refractivity contribution in [2.45, 2.75) is 12.4 Å². The molecule has 0 bridgehead atoms. The van der Waals surface area contributed by atoms with Crippen molar-refractivity contribution in [1.29, 1.82) is 0 Å². The molecule has 1 aliphatic heterocycles. The average Bonchev–Trinajstić information content (AvgIpc) is 2.60. The van der Waals surface area contributed by atoms with Crippen molar-refractivity contribution < 1.29 is 35.9 Å². The lowest BCUT2D eigenvalue weighted by Crippen LogP contribution is -2.43. The van der Waals surface area contributed by atoms with E-state index >= 15 is 0 Å². The fraction of sp³-hybridized carbons (Fsp3) is 0.429. The molecular formula is C7H4F6N2O2. The van der Waals surface area contributed by atoms with Gasteiger partial charge in [0.1, 0.15) is 6.67 Å². The van der Waals surface area contributed by atoms with Crippen LogP contribution in [0.25, 0.3) is 0 Å². The molecule has 96 valence electrons. The van der Waals surface area contributed by atoms with Crippen molar-refractivity contribution in [1.82, 2.24) is 9.80 Å². The molecule has 0 spiro atoms. The Morgan fingerprint density at radius 2 is 1.12 bits per heavy atom. The minimum absolute atomic E-state index is 0.0381. The van der Waals surface area contributed by atoms with Gasteiger partial charge in [0, 0.05) is 12.4 Å². The van der Waals surface area contributed by atoms with Crippen LogP contribution in [0.1, 0.15) is 0 Å². The van der Waals surface area contributed by atoms with E-state index in [1.54, 1.807) is 0 Å². The summed E-state index contributed by atoms with van der Waals surface area (Å²) in [7, 11) is 0. The van der Waals surface area contributed by atoms with Crippen LogP contribution in [0.15, 0.2) is 12.4 Å². The lowest BCUT2D eigenvalue weighted by molar-refractivity contribution is -0.188. The van der Waals surface area contributed by atoms with Crippen LogP contribution in [-0.4, -0.2) is 40.6 Å². The molecule has 0 aliphatic carbocycles. The van der Waals surface area contributed by atoms with Gasteiger partial charge in [0.05, 0.1) is 0 Å². The molecule has 0 N–H and O–H groups in total. The Morgan fingerprint density at radius 1 is 0.824 bits per heavy atom. The molecule has 0 fully saturated rings. The smallest absolute Gasteiger partial charge is 0.291 e. The molecule has 2 amide bonds. The van der Waals surface area contributed by atoms with E-state index in [0.717, 1.165) is 0 Å². The number of hydrogen-bond acceptors (Lipinski definition) is 2. The Hall–Kier alpha value is -1.74. The predicted octanol–water partition coefficient (Wildman–Crippen LogP) is 1.21. The van der Waals surface area contributed by atoms with Crippen molar-refractivity contribution in [3.05, 3.63) is 12.4 Å². The first-order chi connectivity index (χ1) is 7.53. The first kappa shape index (κ1) is 13.3. The van der Waals surface area contributed by atoms with Gasteiger partial charge in [0.2, 0.25) is 0 Å². The highest BCUT2D eigenvalue weighted by atomic mass is 19.4. The van der Waals surface area contributed by atoms with E-state index in [0.29, 0.717) is 12.4 Å². The van der Waals surface area contributed by atoms with Gasteiger partial charge in [0.15, 0.2) is 0 Å². The highest BCUT2D eigenvalue weighted by molar-refractivity contribution is 5.86. The van der Waals surface area contributed by atoms with Gasteiger partial charge in [0.25, 0.3) is 0 Å². The number of hydrogen-bond donors (Lipinski definition) is 0. The van der Waals surface area contributed by atoms with Crippen LogP contribution in [0.3, 0.4) is 0 Å². The lowest BCUT2D eigenvalue weighted by Gasteiger charge is -2.20. The van der Waals surface area contributed by atoms with E-state index in [1.807, 2.05) is 0 Å². The molecule has 0 unspecified atom stereocenters. The summed E-state index contributed by atoms with van der Waals surface area (Å²) in [6.45, 7) is -1.11. The van der Waals surface area contributed by atoms with Gasteiger partial charge in [-0.3, -0.25) is 19.4 Å². The minimum Gasteiger partial charge on any atom is -0.291 e. The molecule has 0 radical (unpaired) electrons. The summed E-state index contributed by atoms with van der Waals surface area (Å²) in [5.41, 5.74) is 0. The van der Waals surface area contributed by atoms with Gasteiger partial charge in [-0.15, -0.1) is 0 Å². The van der Waals surface area contributed by atoms with Gasteiger partial charge in [-0.25, -0.2) is 0 Å². The number of amides is 2. The predicted molar refractivity (Wildman–Crippen MR) is 39.8 cm³/mol. The number of alkyl halides is 6. The maximum absolute atomic E-state index is 11.9. The van der Waals surface area contributed by atoms with E-state index in [9.17, 15) is 35.9 Å². The van der Waals surface area contributed by atoms with Gasteiger partial charge in [-0.2, -0.15) is 26.3 Å². The maximum Gasteiger partial charge on any atom is 0.471 e. The third kappa shape index (κ3) is 2.88. The third-order valence-electron chi connectivity index (χ3n) is 1.74. The number of carbonyl (C=O) groups excluding carboxylic acids is 2. The Bertz CT molecular complexity index is 338. The van der Waals surface area contributed by atoms with Crippen molar-refractivity contribution >= 4 is 11.8 Å². The zero-order valence-corrected chi connectivity index (χ0v) is 7.84. The topological polar surface area (TPSA) is 40.6 Å². The van der Waals surface area contributed by atoms with Crippen LogP contribution in [0, 0.1) is 0 Å². The van der Waals surface area contributed by atoms with Crippen LogP contribution >= 0.6 is 0 Å². The maximum atomic E-state index is 11.9. The Balaban J connectivity index is 2.71. The second-order valence-electron chi connectivity index (χ2n) is 2.98. The molecule has 0 saturated heterocycles. The van der Waals surface area contributed by atoms with Crippen molar-refractivity contribution in [3.63, 3.8) is 0 Å². The number of nitrogens with zero attached hydrogens (tertiary/aromatic N) is 2. The summed E-state index contributed by atoms with van der Waals surface area (Å²) in [6.07, 6.45) is -9.50. The first-order valence-corrected chi connectivity index (χ1v) is 3.97. The molecule has 0 aromatic heterocycles. The molecule has 0 atom stereocenters. The lowest BCUT2D eigenvalue weighted by atomic mass is 10.5. The standard InChI is InChI=1S/C7H4F6N2O2/c8-6(9,10)4(16)14-1-2-15(3-14)5(17)7(11,12)13/h1-2H,3H2. The van der Waals surface area contributed by atoms with E-state index < -0.39 is 30.8 Å². The number of halogens is 6. The second kappa shape index (κ2) is 3.93. The molecular weight excluding hydrogens is 258 g/mol. The third-order valence-corrected chi connectivity index (χ3v) is 1.74. The largest absolute Gasteiger partial charge is 0.471 e.